The molecule has 6 nitrogen and oxygen atoms in total. The zero-order valence-electron chi connectivity index (χ0n) is 54.2. The van der Waals surface area contributed by atoms with Crippen molar-refractivity contribution in [2.45, 2.75) is 322 Å². The summed E-state index contributed by atoms with van der Waals surface area (Å²) in [5.41, 5.74) is 0. The second-order valence-electron chi connectivity index (χ2n) is 22.7. The van der Waals surface area contributed by atoms with Gasteiger partial charge in [-0.15, -0.1) is 0 Å². The fraction of sp³-hybridized carbons (Fsp3) is 0.675. The van der Waals surface area contributed by atoms with Crippen LogP contribution < -0.4 is 0 Å². The molecule has 0 aliphatic carbocycles. The Hall–Kier alpha value is -4.45. The molecule has 0 aromatic heterocycles. The number of esters is 3. The van der Waals surface area contributed by atoms with Gasteiger partial charge in [0.1, 0.15) is 13.2 Å². The minimum absolute atomic E-state index is 0.111. The van der Waals surface area contributed by atoms with E-state index < -0.39 is 12.1 Å². The number of hydrogen-bond donors (Lipinski definition) is 0. The molecule has 0 rings (SSSR count). The number of unbranched alkanes of at least 4 members (excludes halogenated alkanes) is 29. The van der Waals surface area contributed by atoms with Gasteiger partial charge < -0.3 is 14.2 Å². The highest BCUT2D eigenvalue weighted by molar-refractivity contribution is 5.71. The molecule has 0 fully saturated rings. The Morgan fingerprint density at radius 1 is 0.253 bits per heavy atom. The van der Waals surface area contributed by atoms with Gasteiger partial charge in [0.25, 0.3) is 0 Å². The summed E-state index contributed by atoms with van der Waals surface area (Å²) in [5.74, 6) is -0.991. The molecule has 0 N–H and O–H groups in total. The molecule has 0 aromatic rings. The van der Waals surface area contributed by atoms with Gasteiger partial charge in [-0.2, -0.15) is 0 Å². The Balaban J connectivity index is 4.38. The van der Waals surface area contributed by atoms with Crippen LogP contribution in [0.2, 0.25) is 0 Å². The van der Waals surface area contributed by atoms with Crippen LogP contribution in [-0.4, -0.2) is 37.2 Å². The lowest BCUT2D eigenvalue weighted by molar-refractivity contribution is -0.166. The smallest absolute Gasteiger partial charge is 0.306 e. The summed E-state index contributed by atoms with van der Waals surface area (Å²) >= 11 is 0. The number of ether oxygens (including phenoxy) is 3. The number of carbonyl (C=O) groups is 3. The van der Waals surface area contributed by atoms with Crippen molar-refractivity contribution in [1.82, 2.24) is 0 Å². The molecule has 1 atom stereocenters. The molecule has 0 amide bonds. The van der Waals surface area contributed by atoms with Crippen molar-refractivity contribution in [2.75, 3.05) is 13.2 Å². The number of rotatable bonds is 62. The maximum Gasteiger partial charge on any atom is 0.306 e. The quantitative estimate of drug-likeness (QED) is 0.0261. The largest absolute Gasteiger partial charge is 0.462 e. The van der Waals surface area contributed by atoms with Crippen molar-refractivity contribution < 1.29 is 28.6 Å². The van der Waals surface area contributed by atoms with Gasteiger partial charge in [0.15, 0.2) is 6.10 Å². The molecule has 472 valence electrons. The number of hydrogen-bond acceptors (Lipinski definition) is 6. The van der Waals surface area contributed by atoms with E-state index in [0.29, 0.717) is 19.3 Å². The zero-order valence-corrected chi connectivity index (χ0v) is 54.2. The fourth-order valence-electron chi connectivity index (χ4n) is 9.52. The predicted octanol–water partition coefficient (Wildman–Crippen LogP) is 24.1. The molecule has 0 bridgehead atoms. The molecule has 6 heteroatoms. The lowest BCUT2D eigenvalue weighted by atomic mass is 10.0. The maximum atomic E-state index is 12.9. The molecule has 0 saturated carbocycles. The third kappa shape index (κ3) is 68.2. The highest BCUT2D eigenvalue weighted by atomic mass is 16.6. The normalized spacial score (nSPS) is 13.0. The highest BCUT2D eigenvalue weighted by Crippen LogP contribution is 2.16. The van der Waals surface area contributed by atoms with Gasteiger partial charge in [0, 0.05) is 19.3 Å². The SMILES string of the molecule is CC/C=C\C/C=C\C/C=C\C/C=C\C/C=C\C/C=C\CCC(=O)OC(COC(=O)CCCCCCCCC/C=C\CCCCCCCC)COC(=O)CCCCCCCCCCCCCCCCCC/C=C\C/C=C\C/C=C\C/C=C\CC. The van der Waals surface area contributed by atoms with E-state index in [2.05, 4.69) is 148 Å². The van der Waals surface area contributed by atoms with E-state index in [1.54, 1.807) is 0 Å². The third-order valence-corrected chi connectivity index (χ3v) is 14.6. The maximum absolute atomic E-state index is 12.9. The molecule has 83 heavy (non-hydrogen) atoms. The summed E-state index contributed by atoms with van der Waals surface area (Å²) < 4.78 is 16.9. The highest BCUT2D eigenvalue weighted by Gasteiger charge is 2.19. The van der Waals surface area contributed by atoms with Crippen molar-refractivity contribution in [3.05, 3.63) is 134 Å². The Morgan fingerprint density at radius 3 is 0.795 bits per heavy atom. The summed E-state index contributed by atoms with van der Waals surface area (Å²) in [7, 11) is 0. The fourth-order valence-corrected chi connectivity index (χ4v) is 9.52. The molecule has 0 radical (unpaired) electrons. The van der Waals surface area contributed by atoms with Crippen LogP contribution in [0.25, 0.3) is 0 Å². The number of carbonyl (C=O) groups excluding carboxylic acids is 3. The first-order valence-corrected chi connectivity index (χ1v) is 34.7. The van der Waals surface area contributed by atoms with Crippen molar-refractivity contribution in [1.29, 1.82) is 0 Å². The van der Waals surface area contributed by atoms with Crippen LogP contribution >= 0.6 is 0 Å². The average molecular weight is 1150 g/mol. The topological polar surface area (TPSA) is 78.9 Å². The molecule has 0 aromatic carbocycles. The van der Waals surface area contributed by atoms with Crippen LogP contribution in [0.5, 0.6) is 0 Å². The van der Waals surface area contributed by atoms with Crippen LogP contribution in [0.3, 0.4) is 0 Å². The standard InChI is InChI=1S/C77H128O6/c1-4-7-10-13-16-19-22-25-28-31-33-34-35-36-37-38-39-40-41-42-44-46-49-52-55-58-61-64-67-70-76(79)82-73-74(72-81-75(78)69-66-63-60-57-54-51-48-45-30-27-24-21-18-15-12-9-6-3)83-77(80)71-68-65-62-59-56-53-50-47-43-32-29-26-23-20-17-14-11-8-5-2/h7-8,10-11,16-17,19-20,25-30,33-34,43,47,53,56,62,65,74H,4-6,9,12-15,18,21-24,31-32,35-42,44-46,48-52,54-55,57-61,63-64,66-73H2,1-3H3/b10-7-,11-8-,19-16-,20-17-,28-25-,29-26-,30-27-,34-33-,47-43-,56-53-,65-62-. The van der Waals surface area contributed by atoms with Gasteiger partial charge >= 0.3 is 17.9 Å². The molecule has 0 heterocycles. The van der Waals surface area contributed by atoms with E-state index >= 15 is 0 Å². The number of allylic oxidation sites excluding steroid dienone is 22. The second kappa shape index (κ2) is 70.0. The Kier molecular flexibility index (Phi) is 66.3. The van der Waals surface area contributed by atoms with Crippen LogP contribution in [0.15, 0.2) is 134 Å². The van der Waals surface area contributed by atoms with Gasteiger partial charge in [0.05, 0.1) is 0 Å². The van der Waals surface area contributed by atoms with E-state index in [9.17, 15) is 14.4 Å². The minimum atomic E-state index is -0.825. The van der Waals surface area contributed by atoms with E-state index in [1.807, 2.05) is 6.08 Å². The second-order valence-corrected chi connectivity index (χ2v) is 22.7. The summed E-state index contributed by atoms with van der Waals surface area (Å²) in [6.45, 7) is 6.37. The first kappa shape index (κ1) is 78.5. The van der Waals surface area contributed by atoms with Crippen LogP contribution in [0, 0.1) is 0 Å². The van der Waals surface area contributed by atoms with E-state index in [1.165, 1.54) is 167 Å². The van der Waals surface area contributed by atoms with Crippen molar-refractivity contribution in [3.8, 4) is 0 Å². The summed E-state index contributed by atoms with van der Waals surface area (Å²) in [6, 6.07) is 0. The summed E-state index contributed by atoms with van der Waals surface area (Å²) in [4.78, 5) is 38.4. The van der Waals surface area contributed by atoms with Gasteiger partial charge in [0.2, 0.25) is 0 Å². The van der Waals surface area contributed by atoms with Crippen molar-refractivity contribution >= 4 is 17.9 Å². The Labute approximate surface area is 513 Å². The summed E-state index contributed by atoms with van der Waals surface area (Å²) in [5, 5.41) is 0. The molecule has 0 aliphatic heterocycles. The third-order valence-electron chi connectivity index (χ3n) is 14.6. The average Bonchev–Trinajstić information content (AvgIpc) is 3.49. The van der Waals surface area contributed by atoms with E-state index in [4.69, 9.17) is 14.2 Å². The molecule has 0 spiro atoms. The summed E-state index contributed by atoms with van der Waals surface area (Å²) in [6.07, 6.45) is 99.2. The van der Waals surface area contributed by atoms with E-state index in [0.717, 1.165) is 103 Å². The van der Waals surface area contributed by atoms with E-state index in [-0.39, 0.29) is 31.6 Å². The first-order valence-electron chi connectivity index (χ1n) is 34.7. The van der Waals surface area contributed by atoms with Crippen molar-refractivity contribution in [2.24, 2.45) is 0 Å². The van der Waals surface area contributed by atoms with Crippen LogP contribution in [0.1, 0.15) is 316 Å². The zero-order chi connectivity index (χ0) is 59.9. The molecular weight excluding hydrogens is 1020 g/mol. The van der Waals surface area contributed by atoms with Crippen molar-refractivity contribution in [3.63, 3.8) is 0 Å². The predicted molar refractivity (Wildman–Crippen MR) is 362 cm³/mol. The van der Waals surface area contributed by atoms with Crippen LogP contribution in [-0.2, 0) is 28.6 Å². The lowest BCUT2D eigenvalue weighted by Gasteiger charge is -2.18. The van der Waals surface area contributed by atoms with Gasteiger partial charge in [-0.3, -0.25) is 14.4 Å². The molecular formula is C77H128O6. The minimum Gasteiger partial charge on any atom is -0.462 e. The van der Waals surface area contributed by atoms with Gasteiger partial charge in [-0.25, -0.2) is 0 Å². The molecule has 0 saturated heterocycles. The lowest BCUT2D eigenvalue weighted by Crippen LogP contribution is -2.30. The molecule has 1 unspecified atom stereocenters. The first-order chi connectivity index (χ1) is 41.0. The van der Waals surface area contributed by atoms with Crippen LogP contribution in [0.4, 0.5) is 0 Å². The monoisotopic (exact) mass is 1150 g/mol. The Morgan fingerprint density at radius 2 is 0.494 bits per heavy atom. The Bertz CT molecular complexity index is 1750. The molecule has 0 aliphatic rings. The van der Waals surface area contributed by atoms with Gasteiger partial charge in [-0.1, -0.05) is 309 Å². The van der Waals surface area contributed by atoms with Gasteiger partial charge in [-0.05, 0) is 122 Å².